The molecule has 1 N–H and O–H groups in total. The average molecular weight is 281 g/mol. The third-order valence-corrected chi connectivity index (χ3v) is 2.67. The normalized spacial score (nSPS) is 10.4. The lowest BCUT2D eigenvalue weighted by molar-refractivity contribution is -0.137. The summed E-state index contributed by atoms with van der Waals surface area (Å²) in [4.78, 5) is 30.3. The summed E-state index contributed by atoms with van der Waals surface area (Å²) in [6.07, 6.45) is 2.90. The molecule has 0 fully saturated rings. The minimum atomic E-state index is -1.05. The predicted molar refractivity (Wildman–Crippen MR) is 72.9 cm³/mol. The van der Waals surface area contributed by atoms with Crippen LogP contribution in [-0.2, 0) is 4.79 Å². The van der Waals surface area contributed by atoms with Crippen LogP contribution in [-0.4, -0.2) is 72.6 Å². The predicted octanol–water partition coefficient (Wildman–Crippen LogP) is 0.179. The number of methoxy groups -OCH3 is 1. The van der Waals surface area contributed by atoms with Crippen molar-refractivity contribution in [3.05, 3.63) is 24.0 Å². The van der Waals surface area contributed by atoms with E-state index >= 15 is 0 Å². The molecule has 0 aliphatic heterocycles. The second-order valence-corrected chi connectivity index (χ2v) is 4.50. The van der Waals surface area contributed by atoms with E-state index in [1.54, 1.807) is 0 Å². The van der Waals surface area contributed by atoms with E-state index in [0.717, 1.165) is 0 Å². The van der Waals surface area contributed by atoms with Crippen molar-refractivity contribution in [1.82, 2.24) is 14.8 Å². The highest BCUT2D eigenvalue weighted by Gasteiger charge is 2.21. The molecule has 110 valence electrons. The lowest BCUT2D eigenvalue weighted by Gasteiger charge is -2.23. The zero-order valence-electron chi connectivity index (χ0n) is 11.9. The van der Waals surface area contributed by atoms with Gasteiger partial charge in [0.1, 0.15) is 12.3 Å². The van der Waals surface area contributed by atoms with Crippen molar-refractivity contribution in [3.8, 4) is 5.75 Å². The van der Waals surface area contributed by atoms with Crippen LogP contribution in [0.4, 0.5) is 0 Å². The van der Waals surface area contributed by atoms with Gasteiger partial charge < -0.3 is 19.6 Å². The zero-order chi connectivity index (χ0) is 15.1. The van der Waals surface area contributed by atoms with Crippen molar-refractivity contribution < 1.29 is 19.4 Å². The van der Waals surface area contributed by atoms with E-state index in [0.29, 0.717) is 24.4 Å². The van der Waals surface area contributed by atoms with Gasteiger partial charge in [0.15, 0.2) is 0 Å². The summed E-state index contributed by atoms with van der Waals surface area (Å²) in [5, 5.41) is 8.92. The minimum Gasteiger partial charge on any atom is -0.494 e. The molecule has 0 aromatic carbocycles. The van der Waals surface area contributed by atoms with E-state index in [-0.39, 0.29) is 12.5 Å². The van der Waals surface area contributed by atoms with Gasteiger partial charge in [-0.1, -0.05) is 0 Å². The number of carbonyl (C=O) groups excluding carboxylic acids is 1. The van der Waals surface area contributed by atoms with E-state index < -0.39 is 5.97 Å². The number of ether oxygens (including phenoxy) is 1. The third kappa shape index (κ3) is 4.51. The number of rotatable bonds is 7. The molecule has 1 aromatic heterocycles. The van der Waals surface area contributed by atoms with E-state index in [1.807, 2.05) is 19.0 Å². The molecule has 1 amide bonds. The van der Waals surface area contributed by atoms with Gasteiger partial charge in [0.25, 0.3) is 5.91 Å². The Morgan fingerprint density at radius 1 is 1.35 bits per heavy atom. The summed E-state index contributed by atoms with van der Waals surface area (Å²) in [5.41, 5.74) is 0.308. The first kappa shape index (κ1) is 15.9. The number of hydrogen-bond acceptors (Lipinski definition) is 5. The summed E-state index contributed by atoms with van der Waals surface area (Å²) in [6.45, 7) is 0.550. The zero-order valence-corrected chi connectivity index (χ0v) is 11.9. The Hall–Kier alpha value is -2.15. The number of pyridine rings is 1. The lowest BCUT2D eigenvalue weighted by Crippen LogP contribution is -2.40. The molecule has 0 aliphatic carbocycles. The van der Waals surface area contributed by atoms with E-state index in [9.17, 15) is 9.59 Å². The van der Waals surface area contributed by atoms with Crippen molar-refractivity contribution in [2.75, 3.05) is 40.8 Å². The van der Waals surface area contributed by atoms with Gasteiger partial charge in [0, 0.05) is 19.3 Å². The molecule has 0 radical (unpaired) electrons. The van der Waals surface area contributed by atoms with Gasteiger partial charge in [-0.3, -0.25) is 14.6 Å². The molecule has 20 heavy (non-hydrogen) atoms. The molecule has 0 unspecified atom stereocenters. The van der Waals surface area contributed by atoms with Gasteiger partial charge in [-0.25, -0.2) is 0 Å². The number of carboxylic acid groups (broad SMARTS) is 1. The molecule has 0 saturated carbocycles. The fraction of sp³-hybridized carbons (Fsp3) is 0.462. The number of amides is 1. The summed E-state index contributed by atoms with van der Waals surface area (Å²) < 4.78 is 5.08. The van der Waals surface area contributed by atoms with Crippen LogP contribution < -0.4 is 4.74 Å². The smallest absolute Gasteiger partial charge is 0.323 e. The lowest BCUT2D eigenvalue weighted by atomic mass is 10.2. The number of nitrogens with zero attached hydrogens (tertiary/aromatic N) is 3. The number of carbonyl (C=O) groups is 2. The highest BCUT2D eigenvalue weighted by Crippen LogP contribution is 2.17. The molecule has 0 atom stereocenters. The fourth-order valence-corrected chi connectivity index (χ4v) is 1.63. The van der Waals surface area contributed by atoms with E-state index in [1.165, 1.54) is 30.5 Å². The van der Waals surface area contributed by atoms with E-state index in [2.05, 4.69) is 4.98 Å². The maximum atomic E-state index is 12.4. The van der Waals surface area contributed by atoms with Crippen LogP contribution in [0.3, 0.4) is 0 Å². The summed E-state index contributed by atoms with van der Waals surface area (Å²) >= 11 is 0. The number of hydrogen-bond donors (Lipinski definition) is 1. The monoisotopic (exact) mass is 281 g/mol. The molecule has 0 bridgehead atoms. The van der Waals surface area contributed by atoms with Crippen molar-refractivity contribution in [2.45, 2.75) is 0 Å². The van der Waals surface area contributed by atoms with Crippen LogP contribution in [0, 0.1) is 0 Å². The standard InChI is InChI=1S/C13H19N3O4/c1-15(2)6-7-16(9-12(17)18)13(19)10-4-5-14-8-11(10)20-3/h4-5,8H,6-7,9H2,1-3H3,(H,17,18). The van der Waals surface area contributed by atoms with E-state index in [4.69, 9.17) is 9.84 Å². The first-order chi connectivity index (χ1) is 9.45. The van der Waals surface area contributed by atoms with Gasteiger partial charge in [0.2, 0.25) is 0 Å². The molecule has 0 saturated heterocycles. The highest BCUT2D eigenvalue weighted by molar-refractivity contribution is 5.98. The Bertz CT molecular complexity index is 476. The Morgan fingerprint density at radius 2 is 2.05 bits per heavy atom. The first-order valence-electron chi connectivity index (χ1n) is 6.09. The van der Waals surface area contributed by atoms with Crippen molar-refractivity contribution in [2.24, 2.45) is 0 Å². The van der Waals surface area contributed by atoms with Crippen molar-refractivity contribution >= 4 is 11.9 Å². The molecule has 7 heteroatoms. The average Bonchev–Trinajstić information content (AvgIpc) is 2.42. The van der Waals surface area contributed by atoms with Gasteiger partial charge in [0.05, 0.1) is 18.9 Å². The van der Waals surface area contributed by atoms with Crippen LogP contribution in [0.5, 0.6) is 5.75 Å². The number of likely N-dealkylation sites (N-methyl/N-ethyl adjacent to an activating group) is 1. The largest absolute Gasteiger partial charge is 0.494 e. The van der Waals surface area contributed by atoms with Gasteiger partial charge in [-0.15, -0.1) is 0 Å². The molecule has 1 aromatic rings. The van der Waals surface area contributed by atoms with Gasteiger partial charge >= 0.3 is 5.97 Å². The second-order valence-electron chi connectivity index (χ2n) is 4.50. The molecular weight excluding hydrogens is 262 g/mol. The Kier molecular flexibility index (Phi) is 5.92. The second kappa shape index (κ2) is 7.44. The van der Waals surface area contributed by atoms with Crippen LogP contribution in [0.1, 0.15) is 10.4 Å². The maximum absolute atomic E-state index is 12.4. The number of aromatic nitrogens is 1. The SMILES string of the molecule is COc1cnccc1C(=O)N(CCN(C)C)CC(=O)O. The molecule has 0 aliphatic rings. The summed E-state index contributed by atoms with van der Waals surface area (Å²) in [7, 11) is 5.15. The Labute approximate surface area is 117 Å². The maximum Gasteiger partial charge on any atom is 0.323 e. The van der Waals surface area contributed by atoms with Crippen molar-refractivity contribution in [3.63, 3.8) is 0 Å². The van der Waals surface area contributed by atoms with Gasteiger partial charge in [-0.2, -0.15) is 0 Å². The van der Waals surface area contributed by atoms with Crippen molar-refractivity contribution in [1.29, 1.82) is 0 Å². The number of aliphatic carboxylic acids is 1. The number of carboxylic acids is 1. The first-order valence-corrected chi connectivity index (χ1v) is 6.09. The highest BCUT2D eigenvalue weighted by atomic mass is 16.5. The quantitative estimate of drug-likeness (QED) is 0.767. The van der Waals surface area contributed by atoms with Crippen LogP contribution in [0.15, 0.2) is 18.5 Å². The van der Waals surface area contributed by atoms with Crippen LogP contribution >= 0.6 is 0 Å². The fourth-order valence-electron chi connectivity index (χ4n) is 1.63. The molecule has 1 rings (SSSR count). The Morgan fingerprint density at radius 3 is 2.60 bits per heavy atom. The third-order valence-electron chi connectivity index (χ3n) is 2.67. The topological polar surface area (TPSA) is 83.0 Å². The minimum absolute atomic E-state index is 0.308. The molecule has 0 spiro atoms. The Balaban J connectivity index is 2.93. The van der Waals surface area contributed by atoms with Crippen LogP contribution in [0.25, 0.3) is 0 Å². The molecule has 7 nitrogen and oxygen atoms in total. The molecule has 1 heterocycles. The van der Waals surface area contributed by atoms with Gasteiger partial charge in [-0.05, 0) is 20.2 Å². The van der Waals surface area contributed by atoms with Crippen LogP contribution in [0.2, 0.25) is 0 Å². The summed E-state index contributed by atoms with van der Waals surface area (Å²) in [5.74, 6) is -1.10. The molecular formula is C13H19N3O4. The summed E-state index contributed by atoms with van der Waals surface area (Å²) in [6, 6.07) is 1.52.